The number of hydrogen-bond donors (Lipinski definition) is 2. The van der Waals surface area contributed by atoms with Crippen molar-refractivity contribution >= 4 is 17.3 Å². The third-order valence-electron chi connectivity index (χ3n) is 3.55. The van der Waals surface area contributed by atoms with Gasteiger partial charge in [-0.25, -0.2) is 0 Å². The molecule has 4 heteroatoms. The standard InChI is InChI=1S/C14H17ClN2O/c15-12-5-3-6-13(11(12)8-16)17-9-10-4-1-2-7-14(10)18/h3,5-6,10,14,17-18H,1-2,4,7,9H2. The fourth-order valence-electron chi connectivity index (χ4n) is 2.45. The number of anilines is 1. The molecule has 2 unspecified atom stereocenters. The summed E-state index contributed by atoms with van der Waals surface area (Å²) < 4.78 is 0. The summed E-state index contributed by atoms with van der Waals surface area (Å²) in [7, 11) is 0. The maximum atomic E-state index is 9.90. The van der Waals surface area contributed by atoms with E-state index in [0.717, 1.165) is 24.9 Å². The lowest BCUT2D eigenvalue weighted by Gasteiger charge is -2.28. The van der Waals surface area contributed by atoms with E-state index in [1.807, 2.05) is 12.1 Å². The van der Waals surface area contributed by atoms with Crippen LogP contribution in [0.2, 0.25) is 5.02 Å². The summed E-state index contributed by atoms with van der Waals surface area (Å²) in [5.41, 5.74) is 1.23. The quantitative estimate of drug-likeness (QED) is 0.882. The van der Waals surface area contributed by atoms with Crippen molar-refractivity contribution in [2.45, 2.75) is 31.8 Å². The van der Waals surface area contributed by atoms with Crippen molar-refractivity contribution < 1.29 is 5.11 Å². The van der Waals surface area contributed by atoms with Gasteiger partial charge in [-0.3, -0.25) is 0 Å². The van der Waals surface area contributed by atoms with Crippen LogP contribution in [0.1, 0.15) is 31.2 Å². The van der Waals surface area contributed by atoms with E-state index in [9.17, 15) is 5.11 Å². The number of nitriles is 1. The predicted molar refractivity (Wildman–Crippen MR) is 72.6 cm³/mol. The number of benzene rings is 1. The zero-order valence-corrected chi connectivity index (χ0v) is 11.0. The van der Waals surface area contributed by atoms with Crippen LogP contribution < -0.4 is 5.32 Å². The second kappa shape index (κ2) is 6.08. The first-order valence-corrected chi connectivity index (χ1v) is 6.70. The lowest BCUT2D eigenvalue weighted by Crippen LogP contribution is -2.30. The number of rotatable bonds is 3. The van der Waals surface area contributed by atoms with Crippen LogP contribution in [0.5, 0.6) is 0 Å². The van der Waals surface area contributed by atoms with Crippen molar-refractivity contribution in [2.75, 3.05) is 11.9 Å². The lowest BCUT2D eigenvalue weighted by atomic mass is 9.86. The smallest absolute Gasteiger partial charge is 0.103 e. The molecule has 2 N–H and O–H groups in total. The molecule has 2 atom stereocenters. The highest BCUT2D eigenvalue weighted by molar-refractivity contribution is 6.32. The van der Waals surface area contributed by atoms with Gasteiger partial charge in [0.2, 0.25) is 0 Å². The Hall–Kier alpha value is -1.24. The van der Waals surface area contributed by atoms with Gasteiger partial charge in [0, 0.05) is 12.5 Å². The molecule has 0 spiro atoms. The van der Waals surface area contributed by atoms with Crippen LogP contribution in [0.15, 0.2) is 18.2 Å². The Balaban J connectivity index is 2.02. The topological polar surface area (TPSA) is 56.0 Å². The van der Waals surface area contributed by atoms with E-state index in [2.05, 4.69) is 11.4 Å². The molecule has 0 aromatic heterocycles. The Labute approximate surface area is 112 Å². The van der Waals surface area contributed by atoms with Gasteiger partial charge in [-0.1, -0.05) is 30.5 Å². The van der Waals surface area contributed by atoms with Crippen molar-refractivity contribution in [2.24, 2.45) is 5.92 Å². The van der Waals surface area contributed by atoms with E-state index in [4.69, 9.17) is 16.9 Å². The second-order valence-electron chi connectivity index (χ2n) is 4.77. The molecule has 0 heterocycles. The van der Waals surface area contributed by atoms with Crippen LogP contribution in [0, 0.1) is 17.2 Å². The molecule has 2 rings (SSSR count). The monoisotopic (exact) mass is 264 g/mol. The Morgan fingerprint density at radius 3 is 2.89 bits per heavy atom. The van der Waals surface area contributed by atoms with Crippen LogP contribution >= 0.6 is 11.6 Å². The molecule has 1 fully saturated rings. The van der Waals surface area contributed by atoms with Crippen molar-refractivity contribution in [3.63, 3.8) is 0 Å². The summed E-state index contributed by atoms with van der Waals surface area (Å²) >= 11 is 5.97. The molecule has 3 nitrogen and oxygen atoms in total. The minimum atomic E-state index is -0.226. The van der Waals surface area contributed by atoms with Gasteiger partial charge < -0.3 is 10.4 Å². The lowest BCUT2D eigenvalue weighted by molar-refractivity contribution is 0.0763. The van der Waals surface area contributed by atoms with Gasteiger partial charge in [-0.05, 0) is 25.0 Å². The van der Waals surface area contributed by atoms with Crippen molar-refractivity contribution in [1.82, 2.24) is 0 Å². The molecular formula is C14H17ClN2O. The average molecular weight is 265 g/mol. The third kappa shape index (κ3) is 2.95. The predicted octanol–water partition coefficient (Wildman–Crippen LogP) is 3.17. The average Bonchev–Trinajstić information content (AvgIpc) is 2.38. The fraction of sp³-hybridized carbons (Fsp3) is 0.500. The van der Waals surface area contributed by atoms with E-state index in [1.54, 1.807) is 6.07 Å². The number of hydrogen-bond acceptors (Lipinski definition) is 3. The molecule has 1 aromatic carbocycles. The van der Waals surface area contributed by atoms with Crippen LogP contribution in [0.4, 0.5) is 5.69 Å². The molecule has 1 aliphatic rings. The van der Waals surface area contributed by atoms with E-state index < -0.39 is 0 Å². The highest BCUT2D eigenvalue weighted by Crippen LogP contribution is 2.27. The molecule has 96 valence electrons. The van der Waals surface area contributed by atoms with Crippen molar-refractivity contribution in [3.8, 4) is 6.07 Å². The van der Waals surface area contributed by atoms with Crippen molar-refractivity contribution in [1.29, 1.82) is 5.26 Å². The summed E-state index contributed by atoms with van der Waals surface area (Å²) in [6.45, 7) is 0.691. The summed E-state index contributed by atoms with van der Waals surface area (Å²) in [4.78, 5) is 0. The van der Waals surface area contributed by atoms with E-state index in [0.29, 0.717) is 17.1 Å². The van der Waals surface area contributed by atoms with Gasteiger partial charge in [0.25, 0.3) is 0 Å². The Morgan fingerprint density at radius 1 is 1.39 bits per heavy atom. The first-order valence-electron chi connectivity index (χ1n) is 6.33. The maximum Gasteiger partial charge on any atom is 0.103 e. The molecule has 0 saturated heterocycles. The van der Waals surface area contributed by atoms with Crippen LogP contribution in [0.3, 0.4) is 0 Å². The SMILES string of the molecule is N#Cc1c(Cl)cccc1NCC1CCCCC1O. The van der Waals surface area contributed by atoms with E-state index in [1.165, 1.54) is 6.42 Å². The van der Waals surface area contributed by atoms with E-state index >= 15 is 0 Å². The Morgan fingerprint density at radius 2 is 2.17 bits per heavy atom. The molecule has 18 heavy (non-hydrogen) atoms. The second-order valence-corrected chi connectivity index (χ2v) is 5.17. The first-order chi connectivity index (χ1) is 8.72. The van der Waals surface area contributed by atoms with Crippen molar-refractivity contribution in [3.05, 3.63) is 28.8 Å². The molecule has 1 aromatic rings. The number of halogens is 1. The minimum absolute atomic E-state index is 0.226. The summed E-state index contributed by atoms with van der Waals surface area (Å²) in [6.07, 6.45) is 3.97. The Bertz CT molecular complexity index is 456. The van der Waals surface area contributed by atoms with Gasteiger partial charge in [0.1, 0.15) is 6.07 Å². The largest absolute Gasteiger partial charge is 0.393 e. The first kappa shape index (κ1) is 13.2. The van der Waals surface area contributed by atoms with Crippen LogP contribution in [0.25, 0.3) is 0 Å². The van der Waals surface area contributed by atoms with Gasteiger partial charge >= 0.3 is 0 Å². The number of aliphatic hydroxyl groups excluding tert-OH is 1. The highest BCUT2D eigenvalue weighted by atomic mass is 35.5. The molecular weight excluding hydrogens is 248 g/mol. The fourth-order valence-corrected chi connectivity index (χ4v) is 2.67. The summed E-state index contributed by atoms with van der Waals surface area (Å²) in [6, 6.07) is 7.48. The van der Waals surface area contributed by atoms with Gasteiger partial charge in [0.05, 0.1) is 22.4 Å². The normalized spacial score (nSPS) is 23.4. The third-order valence-corrected chi connectivity index (χ3v) is 3.86. The molecule has 1 saturated carbocycles. The number of nitrogens with one attached hydrogen (secondary N) is 1. The van der Waals surface area contributed by atoms with Crippen LogP contribution in [-0.2, 0) is 0 Å². The molecule has 0 radical (unpaired) electrons. The van der Waals surface area contributed by atoms with Gasteiger partial charge in [-0.15, -0.1) is 0 Å². The molecule has 0 bridgehead atoms. The van der Waals surface area contributed by atoms with E-state index in [-0.39, 0.29) is 12.0 Å². The zero-order chi connectivity index (χ0) is 13.0. The van der Waals surface area contributed by atoms with Gasteiger partial charge in [-0.2, -0.15) is 5.26 Å². The zero-order valence-electron chi connectivity index (χ0n) is 10.2. The maximum absolute atomic E-state index is 9.90. The highest BCUT2D eigenvalue weighted by Gasteiger charge is 2.22. The number of nitrogens with zero attached hydrogens (tertiary/aromatic N) is 1. The van der Waals surface area contributed by atoms with Gasteiger partial charge in [0.15, 0.2) is 0 Å². The molecule has 1 aliphatic carbocycles. The summed E-state index contributed by atoms with van der Waals surface area (Å²) in [5, 5.41) is 22.7. The number of aliphatic hydroxyl groups is 1. The molecule has 0 aliphatic heterocycles. The summed E-state index contributed by atoms with van der Waals surface area (Å²) in [5.74, 6) is 0.268. The minimum Gasteiger partial charge on any atom is -0.393 e. The van der Waals surface area contributed by atoms with Crippen LogP contribution in [-0.4, -0.2) is 17.8 Å². The molecule has 0 amide bonds. The Kier molecular flexibility index (Phi) is 4.46.